The Morgan fingerprint density at radius 3 is 2.34 bits per heavy atom. The van der Waals surface area contributed by atoms with Crippen molar-refractivity contribution in [2.75, 3.05) is 18.8 Å². The lowest BCUT2D eigenvalue weighted by molar-refractivity contribution is -1.21. The average molecular weight is 624 g/mol. The third-order valence-corrected chi connectivity index (χ3v) is 10.1. The number of benzene rings is 3. The maximum Gasteiger partial charge on any atom is 0.287 e. The van der Waals surface area contributed by atoms with Crippen LogP contribution in [0, 0.1) is 11.8 Å². The molecule has 1 aliphatic rings. The number of amides is 2. The summed E-state index contributed by atoms with van der Waals surface area (Å²) in [6.45, 7) is 8.01. The highest BCUT2D eigenvalue weighted by Gasteiger charge is 2.47. The monoisotopic (exact) mass is 623 g/mol. The number of nitrogens with zero attached hydrogens (tertiary/aromatic N) is 2. The number of hydrogen-bond acceptors (Lipinski definition) is 6. The van der Waals surface area contributed by atoms with E-state index in [4.69, 9.17) is 0 Å². The molecule has 1 saturated heterocycles. The molecule has 0 spiro atoms. The number of fused-ring (bicyclic) bond motifs is 1. The maximum atomic E-state index is 14.0. The molecule has 44 heavy (non-hydrogen) atoms. The van der Waals surface area contributed by atoms with Crippen LogP contribution in [0.25, 0.3) is 10.8 Å². The Morgan fingerprint density at radius 1 is 1.02 bits per heavy atom. The SMILES string of the molecule is CCC(Cc1ccccc1)N(C(=O)CC(C)C)[N+](O)(C[C@@H](C)CS(=O)(=O)c1ccc2ccccc2c1)NC(=O)C1CCCN1. The quantitative estimate of drug-likeness (QED) is 0.171. The van der Waals surface area contributed by atoms with Gasteiger partial charge in [-0.05, 0) is 66.6 Å². The summed E-state index contributed by atoms with van der Waals surface area (Å²) in [5.74, 6) is -1.63. The summed E-state index contributed by atoms with van der Waals surface area (Å²) in [4.78, 5) is 26.5. The van der Waals surface area contributed by atoms with Gasteiger partial charge in [0.2, 0.25) is 0 Å². The Hall–Kier alpha value is -3.31. The fraction of sp³-hybridized carbons (Fsp3) is 0.471. The summed E-state index contributed by atoms with van der Waals surface area (Å²) in [5, 5.41) is 18.7. The molecular weight excluding hydrogens is 576 g/mol. The molecule has 0 bridgehead atoms. The van der Waals surface area contributed by atoms with Crippen molar-refractivity contribution >= 4 is 32.4 Å². The molecule has 1 fully saturated rings. The first-order valence-corrected chi connectivity index (χ1v) is 17.3. The van der Waals surface area contributed by atoms with Crippen molar-refractivity contribution in [2.24, 2.45) is 11.8 Å². The molecule has 3 aromatic rings. The molecule has 4 rings (SSSR count). The molecule has 3 unspecified atom stereocenters. The number of hydroxylamine groups is 1. The Labute approximate surface area is 261 Å². The lowest BCUT2D eigenvalue weighted by Crippen LogP contribution is -2.73. The second kappa shape index (κ2) is 14.6. The van der Waals surface area contributed by atoms with Crippen molar-refractivity contribution in [3.63, 3.8) is 0 Å². The molecule has 3 N–H and O–H groups in total. The van der Waals surface area contributed by atoms with Crippen LogP contribution in [0.3, 0.4) is 0 Å². The van der Waals surface area contributed by atoms with Crippen LogP contribution in [0.4, 0.5) is 0 Å². The van der Waals surface area contributed by atoms with Gasteiger partial charge in [0.1, 0.15) is 0 Å². The van der Waals surface area contributed by atoms with Gasteiger partial charge in [0.15, 0.2) is 16.4 Å². The second-order valence-electron chi connectivity index (χ2n) is 12.5. The van der Waals surface area contributed by atoms with Gasteiger partial charge in [0, 0.05) is 17.2 Å². The highest BCUT2D eigenvalue weighted by molar-refractivity contribution is 7.91. The van der Waals surface area contributed by atoms with Gasteiger partial charge in [-0.15, -0.1) is 10.4 Å². The molecule has 238 valence electrons. The maximum absolute atomic E-state index is 14.0. The molecule has 0 aromatic heterocycles. The minimum Gasteiger partial charge on any atom is -0.306 e. The van der Waals surface area contributed by atoms with Gasteiger partial charge in [-0.25, -0.2) is 8.42 Å². The minimum absolute atomic E-state index is 0.00517. The van der Waals surface area contributed by atoms with Crippen molar-refractivity contribution in [2.45, 2.75) is 76.8 Å². The third-order valence-electron chi connectivity index (χ3n) is 8.14. The number of carbonyl (C=O) groups is 2. The average Bonchev–Trinajstić information content (AvgIpc) is 3.52. The molecule has 1 heterocycles. The van der Waals surface area contributed by atoms with E-state index in [-0.39, 0.29) is 35.4 Å². The van der Waals surface area contributed by atoms with Crippen LogP contribution in [0.5, 0.6) is 0 Å². The molecule has 1 aliphatic heterocycles. The van der Waals surface area contributed by atoms with Crippen LogP contribution in [0.15, 0.2) is 77.7 Å². The minimum atomic E-state index is -3.76. The van der Waals surface area contributed by atoms with Crippen LogP contribution in [0.1, 0.15) is 58.9 Å². The molecule has 9 nitrogen and oxygen atoms in total. The van der Waals surface area contributed by atoms with Gasteiger partial charge in [0.05, 0.1) is 22.7 Å². The molecular formula is C34H47N4O5S+. The summed E-state index contributed by atoms with van der Waals surface area (Å²) in [6.07, 6.45) is 2.57. The van der Waals surface area contributed by atoms with E-state index in [0.717, 1.165) is 22.8 Å². The molecule has 10 heteroatoms. The van der Waals surface area contributed by atoms with E-state index >= 15 is 0 Å². The fourth-order valence-corrected chi connectivity index (χ4v) is 7.69. The van der Waals surface area contributed by atoms with Crippen molar-refractivity contribution < 1.29 is 28.1 Å². The Kier molecular flexibility index (Phi) is 11.2. The van der Waals surface area contributed by atoms with Gasteiger partial charge in [-0.3, -0.25) is 9.59 Å². The second-order valence-corrected chi connectivity index (χ2v) is 14.6. The summed E-state index contributed by atoms with van der Waals surface area (Å²) < 4.78 is 27.2. The number of carbonyl (C=O) groups excluding carboxylic acids is 2. The summed E-state index contributed by atoms with van der Waals surface area (Å²) in [7, 11) is -3.76. The van der Waals surface area contributed by atoms with Crippen LogP contribution >= 0.6 is 0 Å². The van der Waals surface area contributed by atoms with E-state index in [2.05, 4.69) is 10.7 Å². The zero-order chi connectivity index (χ0) is 31.9. The lowest BCUT2D eigenvalue weighted by atomic mass is 10.0. The van der Waals surface area contributed by atoms with E-state index < -0.39 is 38.6 Å². The highest BCUT2D eigenvalue weighted by atomic mass is 32.2. The number of nitrogens with one attached hydrogen (secondary N) is 2. The number of hydrogen-bond donors (Lipinski definition) is 3. The van der Waals surface area contributed by atoms with Crippen LogP contribution in [0.2, 0.25) is 0 Å². The Bertz CT molecular complexity index is 1520. The van der Waals surface area contributed by atoms with Gasteiger partial charge in [-0.2, -0.15) is 5.21 Å². The highest BCUT2D eigenvalue weighted by Crippen LogP contribution is 2.26. The Balaban J connectivity index is 1.68. The van der Waals surface area contributed by atoms with Gasteiger partial charge in [-0.1, -0.05) is 88.4 Å². The van der Waals surface area contributed by atoms with Crippen LogP contribution in [-0.2, 0) is 25.8 Å². The van der Waals surface area contributed by atoms with Crippen molar-refractivity contribution in [1.29, 1.82) is 0 Å². The van der Waals surface area contributed by atoms with Crippen LogP contribution in [-0.4, -0.2) is 66.2 Å². The van der Waals surface area contributed by atoms with E-state index in [9.17, 15) is 23.2 Å². The van der Waals surface area contributed by atoms with Gasteiger partial charge in [0.25, 0.3) is 11.8 Å². The largest absolute Gasteiger partial charge is 0.306 e. The first-order chi connectivity index (χ1) is 20.9. The Morgan fingerprint density at radius 2 is 1.70 bits per heavy atom. The fourth-order valence-electron chi connectivity index (χ4n) is 6.06. The number of quaternary nitrogens is 1. The smallest absolute Gasteiger partial charge is 0.287 e. The molecule has 0 radical (unpaired) electrons. The van der Waals surface area contributed by atoms with Gasteiger partial charge >= 0.3 is 0 Å². The zero-order valence-corrected chi connectivity index (χ0v) is 27.1. The van der Waals surface area contributed by atoms with E-state index in [0.29, 0.717) is 25.8 Å². The summed E-state index contributed by atoms with van der Waals surface area (Å²) in [6, 6.07) is 21.4. The van der Waals surface area contributed by atoms with Crippen molar-refractivity contribution in [3.05, 3.63) is 78.4 Å². The van der Waals surface area contributed by atoms with E-state index in [1.165, 1.54) is 5.01 Å². The topological polar surface area (TPSA) is 116 Å². The summed E-state index contributed by atoms with van der Waals surface area (Å²) in [5.41, 5.74) is 3.76. The van der Waals surface area contributed by atoms with E-state index in [1.807, 2.05) is 75.4 Å². The first-order valence-electron chi connectivity index (χ1n) is 15.7. The number of sulfone groups is 1. The number of rotatable bonds is 14. The molecule has 2 amide bonds. The van der Waals surface area contributed by atoms with Crippen molar-refractivity contribution in [3.8, 4) is 0 Å². The van der Waals surface area contributed by atoms with Gasteiger partial charge < -0.3 is 5.32 Å². The molecule has 0 aliphatic carbocycles. The molecule has 3 aromatic carbocycles. The predicted molar refractivity (Wildman–Crippen MR) is 172 cm³/mol. The lowest BCUT2D eigenvalue weighted by Gasteiger charge is -2.43. The first kappa shape index (κ1) is 33.6. The third kappa shape index (κ3) is 8.44. The normalized spacial score (nSPS) is 18.1. The van der Waals surface area contributed by atoms with Crippen molar-refractivity contribution in [1.82, 2.24) is 15.8 Å². The zero-order valence-electron chi connectivity index (χ0n) is 26.3. The van der Waals surface area contributed by atoms with Crippen LogP contribution < -0.4 is 10.7 Å². The molecule has 4 atom stereocenters. The summed E-state index contributed by atoms with van der Waals surface area (Å²) >= 11 is 0. The molecule has 0 saturated carbocycles. The predicted octanol–water partition coefficient (Wildman–Crippen LogP) is 5.05. The standard InChI is InChI=1S/C34H46N4O5S/c1-5-30(21-27-12-7-6-8-13-27)37(33(39)20-25(2)3)38(41,36-34(40)32-16-11-19-35-32)23-26(4)24-44(42,43)31-18-17-28-14-9-10-15-29(28)22-31/h6-10,12-15,17-18,22,25-26,30,32,35,41H,5,11,16,19-21,23-24H2,1-4H3/p+1/t26-,30?,32?,38?/m1/s1. The van der Waals surface area contributed by atoms with E-state index in [1.54, 1.807) is 25.1 Å².